The molecule has 1 aromatic carbocycles. The Balaban J connectivity index is 1.68. The molecule has 0 saturated heterocycles. The molecular formula is C19H16N4O2. The molecule has 1 aliphatic rings. The molecule has 0 radical (unpaired) electrons. The Morgan fingerprint density at radius 2 is 1.96 bits per heavy atom. The van der Waals surface area contributed by atoms with Crippen molar-refractivity contribution in [3.05, 3.63) is 66.1 Å². The lowest BCUT2D eigenvalue weighted by Crippen LogP contribution is -2.22. The number of benzene rings is 1. The number of nitrogens with one attached hydrogen (secondary N) is 3. The van der Waals surface area contributed by atoms with Crippen LogP contribution in [0.15, 0.2) is 54.9 Å². The van der Waals surface area contributed by atoms with Crippen molar-refractivity contribution in [2.75, 3.05) is 11.9 Å². The number of fused-ring (bicyclic) bond motifs is 3. The summed E-state index contributed by atoms with van der Waals surface area (Å²) in [7, 11) is 0. The van der Waals surface area contributed by atoms with Gasteiger partial charge in [0.05, 0.1) is 6.42 Å². The third-order valence-electron chi connectivity index (χ3n) is 4.18. The zero-order chi connectivity index (χ0) is 17.2. The second-order valence-corrected chi connectivity index (χ2v) is 5.82. The lowest BCUT2D eigenvalue weighted by molar-refractivity contribution is -0.115. The van der Waals surface area contributed by atoms with E-state index >= 15 is 0 Å². The minimum Gasteiger partial charge on any atom is -0.350 e. The van der Waals surface area contributed by atoms with Gasteiger partial charge in [-0.3, -0.25) is 14.6 Å². The first-order chi connectivity index (χ1) is 12.2. The second-order valence-electron chi connectivity index (χ2n) is 5.82. The fourth-order valence-electron chi connectivity index (χ4n) is 3.08. The minimum atomic E-state index is -0.160. The molecule has 25 heavy (non-hydrogen) atoms. The smallest absolute Gasteiger partial charge is 0.268 e. The van der Waals surface area contributed by atoms with Gasteiger partial charge in [0.1, 0.15) is 5.69 Å². The monoisotopic (exact) mass is 332 g/mol. The predicted molar refractivity (Wildman–Crippen MR) is 96.1 cm³/mol. The molecule has 0 saturated carbocycles. The molecule has 3 aromatic rings. The Hall–Kier alpha value is -3.41. The largest absolute Gasteiger partial charge is 0.350 e. The van der Waals surface area contributed by atoms with Crippen LogP contribution in [0.5, 0.6) is 0 Å². The highest BCUT2D eigenvalue weighted by Gasteiger charge is 2.23. The molecule has 0 fully saturated rings. The van der Waals surface area contributed by atoms with E-state index in [2.05, 4.69) is 20.6 Å². The summed E-state index contributed by atoms with van der Waals surface area (Å²) in [5.74, 6) is -0.296. The lowest BCUT2D eigenvalue weighted by atomic mass is 9.98. The maximum absolute atomic E-state index is 12.5. The van der Waals surface area contributed by atoms with Crippen molar-refractivity contribution in [3.8, 4) is 0 Å². The van der Waals surface area contributed by atoms with E-state index in [-0.39, 0.29) is 18.2 Å². The Morgan fingerprint density at radius 3 is 2.80 bits per heavy atom. The lowest BCUT2D eigenvalue weighted by Gasteiger charge is -2.08. The average molecular weight is 332 g/mol. The van der Waals surface area contributed by atoms with Crippen LogP contribution in [0, 0.1) is 0 Å². The fourth-order valence-corrected chi connectivity index (χ4v) is 3.08. The van der Waals surface area contributed by atoms with E-state index in [1.165, 1.54) is 0 Å². The number of H-pyrrole nitrogens is 1. The number of carbonyl (C=O) groups excluding carboxylic acids is 2. The minimum absolute atomic E-state index is 0.136. The van der Waals surface area contributed by atoms with E-state index in [4.69, 9.17) is 0 Å². The van der Waals surface area contributed by atoms with Crippen molar-refractivity contribution in [1.82, 2.24) is 15.3 Å². The molecule has 0 spiro atoms. The number of aromatic nitrogens is 2. The van der Waals surface area contributed by atoms with Gasteiger partial charge in [0.2, 0.25) is 5.91 Å². The summed E-state index contributed by atoms with van der Waals surface area (Å²) in [6.45, 7) is 0.396. The standard InChI is InChI=1S/C19H16N4O2/c24-16(22-13-6-8-20-9-7-13)11-12-5-10-21-19(25)18-17(12)14-3-1-2-4-15(14)23-18/h1-9,23H,10-11H2,(H,21,25)(H,20,22,24). The molecule has 2 amide bonds. The van der Waals surface area contributed by atoms with Gasteiger partial charge in [0.15, 0.2) is 0 Å². The Labute approximate surface area is 144 Å². The number of aromatic amines is 1. The van der Waals surface area contributed by atoms with E-state index in [1.54, 1.807) is 24.5 Å². The topological polar surface area (TPSA) is 86.9 Å². The summed E-state index contributed by atoms with van der Waals surface area (Å²) in [5, 5.41) is 6.63. The van der Waals surface area contributed by atoms with E-state index in [1.807, 2.05) is 30.3 Å². The number of amides is 2. The van der Waals surface area contributed by atoms with Gasteiger partial charge in [-0.15, -0.1) is 0 Å². The van der Waals surface area contributed by atoms with E-state index in [0.717, 1.165) is 22.0 Å². The zero-order valence-electron chi connectivity index (χ0n) is 13.4. The number of hydrogen-bond acceptors (Lipinski definition) is 3. The van der Waals surface area contributed by atoms with Crippen LogP contribution in [0.25, 0.3) is 16.5 Å². The molecule has 0 aliphatic carbocycles. The maximum atomic E-state index is 12.5. The van der Waals surface area contributed by atoms with Crippen molar-refractivity contribution in [2.24, 2.45) is 0 Å². The van der Waals surface area contributed by atoms with Gasteiger partial charge in [-0.2, -0.15) is 0 Å². The molecule has 2 aromatic heterocycles. The molecular weight excluding hydrogens is 316 g/mol. The first-order valence-electron chi connectivity index (χ1n) is 8.00. The highest BCUT2D eigenvalue weighted by Crippen LogP contribution is 2.32. The van der Waals surface area contributed by atoms with Crippen LogP contribution >= 0.6 is 0 Å². The van der Waals surface area contributed by atoms with Crippen LogP contribution < -0.4 is 10.6 Å². The van der Waals surface area contributed by atoms with E-state index < -0.39 is 0 Å². The quantitative estimate of drug-likeness (QED) is 0.689. The van der Waals surface area contributed by atoms with Crippen LogP contribution in [0.4, 0.5) is 5.69 Å². The number of nitrogens with zero attached hydrogens (tertiary/aromatic N) is 1. The fraction of sp³-hybridized carbons (Fsp3) is 0.105. The third-order valence-corrected chi connectivity index (χ3v) is 4.18. The van der Waals surface area contributed by atoms with Crippen LogP contribution in [-0.2, 0) is 4.79 Å². The number of rotatable bonds is 3. The van der Waals surface area contributed by atoms with Gasteiger partial charge in [-0.05, 0) is 23.8 Å². The van der Waals surface area contributed by atoms with Gasteiger partial charge in [-0.1, -0.05) is 24.3 Å². The molecule has 0 unspecified atom stereocenters. The summed E-state index contributed by atoms with van der Waals surface area (Å²) >= 11 is 0. The Bertz CT molecular complexity index is 989. The van der Waals surface area contributed by atoms with Crippen LogP contribution in [0.1, 0.15) is 22.5 Å². The van der Waals surface area contributed by atoms with Gasteiger partial charge >= 0.3 is 0 Å². The van der Waals surface area contributed by atoms with Crippen LogP contribution in [-0.4, -0.2) is 28.3 Å². The van der Waals surface area contributed by atoms with E-state index in [0.29, 0.717) is 17.9 Å². The van der Waals surface area contributed by atoms with Crippen molar-refractivity contribution < 1.29 is 9.59 Å². The predicted octanol–water partition coefficient (Wildman–Crippen LogP) is 2.72. The molecule has 6 nitrogen and oxygen atoms in total. The highest BCUT2D eigenvalue weighted by molar-refractivity contribution is 6.10. The van der Waals surface area contributed by atoms with Crippen molar-refractivity contribution in [1.29, 1.82) is 0 Å². The molecule has 3 N–H and O–H groups in total. The molecule has 124 valence electrons. The van der Waals surface area contributed by atoms with Gasteiger partial charge in [0, 0.05) is 41.1 Å². The van der Waals surface area contributed by atoms with Crippen molar-refractivity contribution >= 4 is 34.0 Å². The summed E-state index contributed by atoms with van der Waals surface area (Å²) < 4.78 is 0. The van der Waals surface area contributed by atoms with Gasteiger partial charge in [-0.25, -0.2) is 0 Å². The Morgan fingerprint density at radius 1 is 1.16 bits per heavy atom. The summed E-state index contributed by atoms with van der Waals surface area (Å²) in [6.07, 6.45) is 5.34. The number of pyridine rings is 1. The molecule has 3 heterocycles. The molecule has 0 bridgehead atoms. The molecule has 4 rings (SSSR count). The molecule has 6 heteroatoms. The summed E-state index contributed by atoms with van der Waals surface area (Å²) in [5.41, 5.74) is 3.71. The van der Waals surface area contributed by atoms with Crippen molar-refractivity contribution in [2.45, 2.75) is 6.42 Å². The number of anilines is 1. The number of hydrogen-bond donors (Lipinski definition) is 3. The van der Waals surface area contributed by atoms with Crippen molar-refractivity contribution in [3.63, 3.8) is 0 Å². The molecule has 0 atom stereocenters. The second kappa shape index (κ2) is 6.24. The van der Waals surface area contributed by atoms with Gasteiger partial charge in [0.25, 0.3) is 5.91 Å². The maximum Gasteiger partial charge on any atom is 0.268 e. The third kappa shape index (κ3) is 2.89. The molecule has 1 aliphatic heterocycles. The SMILES string of the molecule is O=C(CC1=CCNC(=O)c2[nH]c3ccccc3c21)Nc1ccncc1. The van der Waals surface area contributed by atoms with Gasteiger partial charge < -0.3 is 15.6 Å². The van der Waals surface area contributed by atoms with E-state index in [9.17, 15) is 9.59 Å². The zero-order valence-corrected chi connectivity index (χ0v) is 13.4. The normalized spacial score (nSPS) is 13.6. The van der Waals surface area contributed by atoms with Crippen LogP contribution in [0.3, 0.4) is 0 Å². The highest BCUT2D eigenvalue weighted by atomic mass is 16.2. The summed E-state index contributed by atoms with van der Waals surface area (Å²) in [6, 6.07) is 11.2. The van der Waals surface area contributed by atoms with Crippen LogP contribution in [0.2, 0.25) is 0 Å². The number of carbonyl (C=O) groups is 2. The first kappa shape index (κ1) is 15.1. The number of para-hydroxylation sites is 1. The average Bonchev–Trinajstić information content (AvgIpc) is 2.94. The first-order valence-corrected chi connectivity index (χ1v) is 8.00. The Kier molecular flexibility index (Phi) is 3.78. The summed E-state index contributed by atoms with van der Waals surface area (Å²) in [4.78, 5) is 31.9.